The zero-order valence-electron chi connectivity index (χ0n) is 3.98. The molecule has 0 spiro atoms. The summed E-state index contributed by atoms with van der Waals surface area (Å²) in [6, 6.07) is 0. The van der Waals surface area contributed by atoms with Crippen molar-refractivity contribution < 1.29 is 4.74 Å². The van der Waals surface area contributed by atoms with Crippen LogP contribution >= 0.6 is 0 Å². The summed E-state index contributed by atoms with van der Waals surface area (Å²) in [5.41, 5.74) is 0. The summed E-state index contributed by atoms with van der Waals surface area (Å²) < 4.78 is 4.86. The van der Waals surface area contributed by atoms with Crippen molar-refractivity contribution in [1.29, 1.82) is 0 Å². The van der Waals surface area contributed by atoms with Gasteiger partial charge in [-0.2, -0.15) is 0 Å². The molecule has 6 heavy (non-hydrogen) atoms. The number of rotatable bonds is 1. The molecule has 0 aromatic rings. The second-order valence-corrected chi connectivity index (χ2v) is 1.36. The maximum Gasteiger partial charge on any atom is 0.0807 e. The molecule has 1 aliphatic heterocycles. The van der Waals surface area contributed by atoms with E-state index in [4.69, 9.17) is 4.74 Å². The third-order valence-corrected chi connectivity index (χ3v) is 0.858. The van der Waals surface area contributed by atoms with E-state index in [0.29, 0.717) is 6.10 Å². The highest BCUT2D eigenvalue weighted by atomic mass is 16.6. The molecule has 1 atom stereocenters. The number of epoxide rings is 1. The van der Waals surface area contributed by atoms with Crippen LogP contribution in [0.4, 0.5) is 0 Å². The molecular formula is C5H9O. The van der Waals surface area contributed by atoms with Crippen molar-refractivity contribution in [2.75, 3.05) is 6.61 Å². The van der Waals surface area contributed by atoms with Crippen LogP contribution in [0.15, 0.2) is 0 Å². The first-order valence-corrected chi connectivity index (χ1v) is 2.05. The molecule has 1 heteroatoms. The van der Waals surface area contributed by atoms with Gasteiger partial charge in [-0.15, -0.1) is 0 Å². The van der Waals surface area contributed by atoms with Crippen molar-refractivity contribution in [1.82, 2.24) is 0 Å². The molecule has 1 unspecified atom stereocenters. The maximum atomic E-state index is 4.86. The van der Waals surface area contributed by atoms with Gasteiger partial charge in [0.05, 0.1) is 12.7 Å². The number of hydrogen-bond donors (Lipinski definition) is 0. The van der Waals surface area contributed by atoms with Gasteiger partial charge in [-0.05, 0) is 13.8 Å². The van der Waals surface area contributed by atoms with Gasteiger partial charge in [0.1, 0.15) is 0 Å². The van der Waals surface area contributed by atoms with Crippen molar-refractivity contribution in [3.05, 3.63) is 7.43 Å². The molecular weight excluding hydrogens is 76.1 g/mol. The third-order valence-electron chi connectivity index (χ3n) is 0.858. The lowest BCUT2D eigenvalue weighted by molar-refractivity contribution is 0.403. The van der Waals surface area contributed by atoms with Crippen molar-refractivity contribution in [3.63, 3.8) is 0 Å². The molecule has 1 heterocycles. The molecule has 0 aromatic carbocycles. The Kier molecular flexibility index (Phi) is 2.18. The van der Waals surface area contributed by atoms with Gasteiger partial charge in [0.25, 0.3) is 0 Å². The minimum atomic E-state index is 0. The molecule has 0 aromatic heterocycles. The Bertz CT molecular complexity index is 30.9. The lowest BCUT2D eigenvalue weighted by Crippen LogP contribution is -1.73. The molecule has 1 rings (SSSR count). The minimum absolute atomic E-state index is 0. The van der Waals surface area contributed by atoms with Crippen molar-refractivity contribution in [2.45, 2.75) is 19.4 Å². The highest BCUT2D eigenvalue weighted by Gasteiger charge is 2.18. The molecule has 0 aliphatic carbocycles. The smallest absolute Gasteiger partial charge is 0.0807 e. The Labute approximate surface area is 39.3 Å². The largest absolute Gasteiger partial charge is 0.373 e. The highest BCUT2D eigenvalue weighted by molar-refractivity contribution is 4.64. The van der Waals surface area contributed by atoms with Crippen LogP contribution in [0.2, 0.25) is 0 Å². The molecule has 3 radical (unpaired) electrons. The highest BCUT2D eigenvalue weighted by Crippen LogP contribution is 2.10. The van der Waals surface area contributed by atoms with Gasteiger partial charge in [0.2, 0.25) is 0 Å². The molecule has 1 fully saturated rings. The molecule has 0 bridgehead atoms. The van der Waals surface area contributed by atoms with Crippen LogP contribution in [0.3, 0.4) is 0 Å². The first kappa shape index (κ1) is 5.96. The summed E-state index contributed by atoms with van der Waals surface area (Å²) in [6.07, 6.45) is 1.83. The van der Waals surface area contributed by atoms with Crippen LogP contribution < -0.4 is 0 Å². The normalized spacial score (nSPS) is 28.5. The van der Waals surface area contributed by atoms with Crippen LogP contribution in [-0.4, -0.2) is 12.7 Å². The van der Waals surface area contributed by atoms with Gasteiger partial charge in [0, 0.05) is 0 Å². The first-order chi connectivity index (χ1) is 2.43. The van der Waals surface area contributed by atoms with Crippen LogP contribution in [-0.2, 0) is 4.74 Å². The number of hydrogen-bond acceptors (Lipinski definition) is 1. The average molecular weight is 85.1 g/mol. The Morgan fingerprint density at radius 1 is 1.83 bits per heavy atom. The molecule has 0 saturated carbocycles. The molecule has 35 valence electrons. The van der Waals surface area contributed by atoms with E-state index < -0.39 is 0 Å². The van der Waals surface area contributed by atoms with Crippen LogP contribution in [0.5, 0.6) is 0 Å². The van der Waals surface area contributed by atoms with Crippen molar-refractivity contribution >= 4 is 0 Å². The fraction of sp³-hybridized carbons (Fsp3) is 0.800. The second kappa shape index (κ2) is 2.19. The molecule has 0 amide bonds. The third kappa shape index (κ3) is 1.41. The van der Waals surface area contributed by atoms with Crippen LogP contribution in [0, 0.1) is 7.43 Å². The van der Waals surface area contributed by atoms with Gasteiger partial charge in [-0.25, -0.2) is 0 Å². The number of ether oxygens (including phenoxy) is 1. The van der Waals surface area contributed by atoms with Crippen LogP contribution in [0.1, 0.15) is 13.3 Å². The summed E-state index contributed by atoms with van der Waals surface area (Å²) in [7, 11) is 0. The zero-order chi connectivity index (χ0) is 3.70. The van der Waals surface area contributed by atoms with Gasteiger partial charge in [-0.1, -0.05) is 6.92 Å². The monoisotopic (exact) mass is 85.1 g/mol. The minimum Gasteiger partial charge on any atom is -0.373 e. The molecule has 1 nitrogen and oxygen atoms in total. The average Bonchev–Trinajstić information content (AvgIpc) is 2.12. The van der Waals surface area contributed by atoms with E-state index in [9.17, 15) is 0 Å². The Morgan fingerprint density at radius 2 is 2.33 bits per heavy atom. The molecule has 1 saturated heterocycles. The van der Waals surface area contributed by atoms with Gasteiger partial charge >= 0.3 is 0 Å². The van der Waals surface area contributed by atoms with Crippen LogP contribution in [0.25, 0.3) is 0 Å². The Balaban J connectivity index is 0.000000250. The van der Waals surface area contributed by atoms with Crippen molar-refractivity contribution in [3.8, 4) is 0 Å². The van der Waals surface area contributed by atoms with Gasteiger partial charge < -0.3 is 4.74 Å². The summed E-state index contributed by atoms with van der Waals surface area (Å²) in [5, 5.41) is 0. The van der Waals surface area contributed by atoms with Crippen molar-refractivity contribution in [2.24, 2.45) is 0 Å². The lowest BCUT2D eigenvalue weighted by Gasteiger charge is -1.69. The predicted octanol–water partition coefficient (Wildman–Crippen LogP) is 0.999. The van der Waals surface area contributed by atoms with E-state index >= 15 is 0 Å². The second-order valence-electron chi connectivity index (χ2n) is 1.36. The molecule has 0 N–H and O–H groups in total. The first-order valence-electron chi connectivity index (χ1n) is 2.05. The van der Waals surface area contributed by atoms with E-state index in [2.05, 4.69) is 6.92 Å². The lowest BCUT2D eigenvalue weighted by atomic mass is 10.4. The van der Waals surface area contributed by atoms with E-state index in [1.54, 1.807) is 0 Å². The Hall–Kier alpha value is -0.0400. The predicted molar refractivity (Wildman–Crippen MR) is 24.3 cm³/mol. The van der Waals surface area contributed by atoms with E-state index in [0.717, 1.165) is 6.61 Å². The van der Waals surface area contributed by atoms with E-state index in [-0.39, 0.29) is 7.43 Å². The van der Waals surface area contributed by atoms with Gasteiger partial charge in [0.15, 0.2) is 0 Å². The quantitative estimate of drug-likeness (QED) is 0.433. The molecule has 1 aliphatic rings. The van der Waals surface area contributed by atoms with Gasteiger partial charge in [-0.3, -0.25) is 0 Å². The summed E-state index contributed by atoms with van der Waals surface area (Å²) in [5.74, 6) is 0. The zero-order valence-corrected chi connectivity index (χ0v) is 3.98. The topological polar surface area (TPSA) is 12.5 Å². The summed E-state index contributed by atoms with van der Waals surface area (Å²) >= 11 is 0. The Morgan fingerprint density at radius 3 is 2.33 bits per heavy atom. The SMILES string of the molecule is CCC1CO1.[CH]. The summed E-state index contributed by atoms with van der Waals surface area (Å²) in [6.45, 7) is 3.15. The van der Waals surface area contributed by atoms with E-state index in [1.165, 1.54) is 6.42 Å². The summed E-state index contributed by atoms with van der Waals surface area (Å²) in [4.78, 5) is 0. The standard InChI is InChI=1S/C4H8O.CH/c1-2-4-3-5-4;/h4H,2-3H2,1H3;1H. The van der Waals surface area contributed by atoms with E-state index in [1.807, 2.05) is 0 Å². The fourth-order valence-electron chi connectivity index (χ4n) is 0.304. The fourth-order valence-corrected chi connectivity index (χ4v) is 0.304. The maximum absolute atomic E-state index is 4.86.